The van der Waals surface area contributed by atoms with E-state index in [9.17, 15) is 9.90 Å². The second-order valence-electron chi connectivity index (χ2n) is 8.73. The van der Waals surface area contributed by atoms with E-state index in [1.807, 2.05) is 35.2 Å². The molecule has 3 aromatic rings. The van der Waals surface area contributed by atoms with Crippen molar-refractivity contribution in [3.05, 3.63) is 89.5 Å². The van der Waals surface area contributed by atoms with E-state index in [1.54, 1.807) is 0 Å². The third-order valence-electron chi connectivity index (χ3n) is 6.69. The number of amides is 1. The summed E-state index contributed by atoms with van der Waals surface area (Å²) in [6.45, 7) is 2.99. The Hall–Kier alpha value is -3.31. The van der Waals surface area contributed by atoms with Crippen molar-refractivity contribution in [2.45, 2.75) is 32.0 Å². The zero-order chi connectivity index (χ0) is 22.1. The second-order valence-corrected chi connectivity index (χ2v) is 8.73. The summed E-state index contributed by atoms with van der Waals surface area (Å²) in [7, 11) is 0. The Labute approximate surface area is 188 Å². The first-order valence-electron chi connectivity index (χ1n) is 11.2. The normalized spacial score (nSPS) is 21.4. The first-order chi connectivity index (χ1) is 15.6. The van der Waals surface area contributed by atoms with Gasteiger partial charge in [0.25, 0.3) is 0 Å². The summed E-state index contributed by atoms with van der Waals surface area (Å²) in [5.74, 6) is 0.144. The van der Waals surface area contributed by atoms with Crippen LogP contribution in [0.1, 0.15) is 29.2 Å². The monoisotopic (exact) mass is 428 g/mol. The smallest absolute Gasteiger partial charge is 0.410 e. The Balaban J connectivity index is 1.45. The molecule has 0 unspecified atom stereocenters. The average molecular weight is 429 g/mol. The number of carbonyl (C=O) groups excluding carboxylic acids is 1. The van der Waals surface area contributed by atoms with Crippen LogP contribution in [0.3, 0.4) is 0 Å². The first-order valence-corrected chi connectivity index (χ1v) is 11.2. The minimum absolute atomic E-state index is 0.0349. The molecule has 2 aliphatic rings. The van der Waals surface area contributed by atoms with Gasteiger partial charge in [0.05, 0.1) is 18.7 Å². The van der Waals surface area contributed by atoms with Gasteiger partial charge in [-0.1, -0.05) is 66.2 Å². The maximum absolute atomic E-state index is 13.1. The summed E-state index contributed by atoms with van der Waals surface area (Å²) in [6, 6.07) is 24.4. The number of anilines is 1. The van der Waals surface area contributed by atoms with Crippen LogP contribution in [0.2, 0.25) is 0 Å². The number of fused-ring (bicyclic) bond motifs is 3. The van der Waals surface area contributed by atoms with Gasteiger partial charge in [-0.25, -0.2) is 4.79 Å². The number of benzene rings is 3. The Bertz CT molecular complexity index is 1100. The molecule has 0 aliphatic carbocycles. The van der Waals surface area contributed by atoms with E-state index in [2.05, 4.69) is 54.7 Å². The van der Waals surface area contributed by atoms with E-state index in [0.29, 0.717) is 6.54 Å². The fraction of sp³-hybridized carbons (Fsp3) is 0.296. The van der Waals surface area contributed by atoms with Crippen LogP contribution in [0.5, 0.6) is 0 Å². The van der Waals surface area contributed by atoms with Crippen molar-refractivity contribution in [2.24, 2.45) is 5.92 Å². The fourth-order valence-electron chi connectivity index (χ4n) is 5.00. The van der Waals surface area contributed by atoms with Crippen LogP contribution in [-0.4, -0.2) is 35.3 Å². The predicted octanol–water partition coefficient (Wildman–Crippen LogP) is 5.15. The summed E-state index contributed by atoms with van der Waals surface area (Å²) in [4.78, 5) is 14.9. The maximum atomic E-state index is 13.1. The Morgan fingerprint density at radius 2 is 1.81 bits per heavy atom. The van der Waals surface area contributed by atoms with Crippen molar-refractivity contribution in [1.82, 2.24) is 4.90 Å². The SMILES string of the molecule is Cc1ccc(-c2ccc3c(c2)[C@@H]2[C@@H](CCN2C(=O)OCc2ccccc2)[C@@H](CO)N3)cc1. The zero-order valence-electron chi connectivity index (χ0n) is 18.2. The number of ether oxygens (including phenoxy) is 1. The molecule has 164 valence electrons. The third-order valence-corrected chi connectivity index (χ3v) is 6.69. The van der Waals surface area contributed by atoms with Crippen molar-refractivity contribution in [2.75, 3.05) is 18.5 Å². The van der Waals surface area contributed by atoms with E-state index in [4.69, 9.17) is 4.74 Å². The highest BCUT2D eigenvalue weighted by molar-refractivity contribution is 5.74. The molecule has 3 aromatic carbocycles. The van der Waals surface area contributed by atoms with Crippen LogP contribution >= 0.6 is 0 Å². The molecular weight excluding hydrogens is 400 g/mol. The topological polar surface area (TPSA) is 61.8 Å². The number of nitrogens with one attached hydrogen (secondary N) is 1. The number of likely N-dealkylation sites (tertiary alicyclic amines) is 1. The van der Waals surface area contributed by atoms with Gasteiger partial charge in [0.2, 0.25) is 0 Å². The average Bonchev–Trinajstić information content (AvgIpc) is 3.29. The van der Waals surface area contributed by atoms with Gasteiger partial charge in [0.1, 0.15) is 6.61 Å². The molecule has 0 radical (unpaired) electrons. The molecule has 2 N–H and O–H groups in total. The summed E-state index contributed by atoms with van der Waals surface area (Å²) in [5, 5.41) is 13.5. The predicted molar refractivity (Wildman–Crippen MR) is 125 cm³/mol. The minimum Gasteiger partial charge on any atom is -0.445 e. The lowest BCUT2D eigenvalue weighted by Gasteiger charge is -2.39. The van der Waals surface area contributed by atoms with Crippen LogP contribution in [0.25, 0.3) is 11.1 Å². The van der Waals surface area contributed by atoms with Gasteiger partial charge < -0.3 is 20.1 Å². The molecule has 5 nitrogen and oxygen atoms in total. The number of rotatable bonds is 4. The molecule has 32 heavy (non-hydrogen) atoms. The number of hydrogen-bond acceptors (Lipinski definition) is 4. The summed E-state index contributed by atoms with van der Waals surface area (Å²) >= 11 is 0. The molecule has 2 aliphatic heterocycles. The first kappa shape index (κ1) is 20.6. The third kappa shape index (κ3) is 3.84. The van der Waals surface area contributed by atoms with Gasteiger partial charge in [-0.05, 0) is 47.7 Å². The number of aryl methyl sites for hydroxylation is 1. The maximum Gasteiger partial charge on any atom is 0.410 e. The van der Waals surface area contributed by atoms with Gasteiger partial charge in [0, 0.05) is 18.2 Å². The van der Waals surface area contributed by atoms with Gasteiger partial charge in [-0.2, -0.15) is 0 Å². The molecule has 1 fully saturated rings. The quantitative estimate of drug-likeness (QED) is 0.603. The highest BCUT2D eigenvalue weighted by atomic mass is 16.6. The van der Waals surface area contributed by atoms with Gasteiger partial charge in [-0.15, -0.1) is 0 Å². The Morgan fingerprint density at radius 1 is 1.06 bits per heavy atom. The lowest BCUT2D eigenvalue weighted by atomic mass is 9.82. The van der Waals surface area contributed by atoms with Crippen molar-refractivity contribution in [1.29, 1.82) is 0 Å². The van der Waals surface area contributed by atoms with Crippen LogP contribution < -0.4 is 5.32 Å². The molecule has 1 saturated heterocycles. The highest BCUT2D eigenvalue weighted by Crippen LogP contribution is 2.47. The largest absolute Gasteiger partial charge is 0.445 e. The Morgan fingerprint density at radius 3 is 2.56 bits per heavy atom. The lowest BCUT2D eigenvalue weighted by molar-refractivity contribution is 0.0845. The second kappa shape index (κ2) is 8.67. The van der Waals surface area contributed by atoms with Crippen LogP contribution in [-0.2, 0) is 11.3 Å². The van der Waals surface area contributed by atoms with Gasteiger partial charge in [-0.3, -0.25) is 0 Å². The minimum atomic E-state index is -0.299. The number of aliphatic hydroxyl groups excluding tert-OH is 1. The van der Waals surface area contributed by atoms with Crippen molar-refractivity contribution >= 4 is 11.8 Å². The van der Waals surface area contributed by atoms with E-state index in [1.165, 1.54) is 5.56 Å². The van der Waals surface area contributed by atoms with Crippen molar-refractivity contribution in [3.8, 4) is 11.1 Å². The van der Waals surface area contributed by atoms with E-state index >= 15 is 0 Å². The number of carbonyl (C=O) groups is 1. The van der Waals surface area contributed by atoms with Crippen molar-refractivity contribution in [3.63, 3.8) is 0 Å². The molecule has 0 spiro atoms. The summed E-state index contributed by atoms with van der Waals surface area (Å²) < 4.78 is 5.68. The Kier molecular flexibility index (Phi) is 5.58. The van der Waals surface area contributed by atoms with Gasteiger partial charge in [0.15, 0.2) is 0 Å². The molecule has 2 heterocycles. The van der Waals surface area contributed by atoms with E-state index in [0.717, 1.165) is 34.4 Å². The molecule has 0 bridgehead atoms. The van der Waals surface area contributed by atoms with E-state index in [-0.39, 0.29) is 37.3 Å². The molecule has 0 aromatic heterocycles. The number of nitrogens with zero attached hydrogens (tertiary/aromatic N) is 1. The standard InChI is InChI=1S/C27H28N2O3/c1-18-7-9-20(10-8-18)21-11-12-24-23(15-21)26-22(25(16-30)28-24)13-14-29(26)27(31)32-17-19-5-3-2-4-6-19/h2-12,15,22,25-26,28,30H,13-14,16-17H2,1H3/t22-,25+,26-/m0/s1. The lowest BCUT2D eigenvalue weighted by Crippen LogP contribution is -2.43. The summed E-state index contributed by atoms with van der Waals surface area (Å²) in [6.07, 6.45) is 0.531. The van der Waals surface area contributed by atoms with Gasteiger partial charge >= 0.3 is 6.09 Å². The fourth-order valence-corrected chi connectivity index (χ4v) is 5.00. The summed E-state index contributed by atoms with van der Waals surface area (Å²) in [5.41, 5.74) is 6.53. The van der Waals surface area contributed by atoms with Crippen LogP contribution in [0.4, 0.5) is 10.5 Å². The molecule has 5 heteroatoms. The number of hydrogen-bond donors (Lipinski definition) is 2. The van der Waals surface area contributed by atoms with Crippen molar-refractivity contribution < 1.29 is 14.6 Å². The molecule has 0 saturated carbocycles. The molecule has 1 amide bonds. The number of aliphatic hydroxyl groups is 1. The zero-order valence-corrected chi connectivity index (χ0v) is 18.2. The van der Waals surface area contributed by atoms with Crippen LogP contribution in [0, 0.1) is 12.8 Å². The highest BCUT2D eigenvalue weighted by Gasteiger charge is 2.46. The van der Waals surface area contributed by atoms with Crippen LogP contribution in [0.15, 0.2) is 72.8 Å². The molecular formula is C27H28N2O3. The van der Waals surface area contributed by atoms with E-state index < -0.39 is 0 Å². The molecule has 3 atom stereocenters. The molecule has 5 rings (SSSR count).